The molecule has 0 saturated heterocycles. The summed E-state index contributed by atoms with van der Waals surface area (Å²) < 4.78 is 0. The van der Waals surface area contributed by atoms with Crippen molar-refractivity contribution in [3.05, 3.63) is 46.0 Å². The number of fused-ring (bicyclic) bond motifs is 3. The lowest BCUT2D eigenvalue weighted by Gasteiger charge is -2.05. The van der Waals surface area contributed by atoms with Gasteiger partial charge in [-0.25, -0.2) is 0 Å². The van der Waals surface area contributed by atoms with Gasteiger partial charge in [-0.3, -0.25) is 0 Å². The molecule has 18 heavy (non-hydrogen) atoms. The lowest BCUT2D eigenvalue weighted by Crippen LogP contribution is -1.85. The highest BCUT2D eigenvalue weighted by molar-refractivity contribution is 6.11. The Balaban J connectivity index is 2.65. The molecule has 1 aromatic heterocycles. The predicted molar refractivity (Wildman–Crippen MR) is 79.5 cm³/mol. The van der Waals surface area contributed by atoms with Crippen LogP contribution in [-0.4, -0.2) is 4.98 Å². The van der Waals surface area contributed by atoms with E-state index in [0.717, 1.165) is 0 Å². The highest BCUT2D eigenvalue weighted by atomic mass is 14.7. The van der Waals surface area contributed by atoms with Crippen molar-refractivity contribution < 1.29 is 0 Å². The third kappa shape index (κ3) is 1.40. The first kappa shape index (κ1) is 11.3. The number of aromatic amines is 1. The second-order valence-electron chi connectivity index (χ2n) is 5.51. The molecule has 3 aromatic rings. The molecule has 1 heteroatoms. The van der Waals surface area contributed by atoms with Gasteiger partial charge in [0.2, 0.25) is 0 Å². The van der Waals surface area contributed by atoms with Crippen LogP contribution in [-0.2, 0) is 0 Å². The minimum atomic E-state index is 1.28. The summed E-state index contributed by atoms with van der Waals surface area (Å²) in [6, 6.07) is 6.82. The van der Waals surface area contributed by atoms with E-state index in [1.165, 1.54) is 49.6 Å². The number of aromatic nitrogens is 1. The average molecular weight is 237 g/mol. The van der Waals surface area contributed by atoms with Crippen molar-refractivity contribution in [3.63, 3.8) is 0 Å². The van der Waals surface area contributed by atoms with Crippen LogP contribution in [0.4, 0.5) is 0 Å². The Bertz CT molecular complexity index is 775. The Morgan fingerprint density at radius 3 is 2.11 bits per heavy atom. The second-order valence-corrected chi connectivity index (χ2v) is 5.51. The monoisotopic (exact) mass is 237 g/mol. The zero-order valence-corrected chi connectivity index (χ0v) is 11.7. The summed E-state index contributed by atoms with van der Waals surface area (Å²) in [5, 5.41) is 2.76. The molecule has 0 atom stereocenters. The van der Waals surface area contributed by atoms with Gasteiger partial charge in [-0.1, -0.05) is 17.7 Å². The molecule has 0 aliphatic carbocycles. The minimum Gasteiger partial charge on any atom is -0.354 e. The molecule has 1 nitrogen and oxygen atoms in total. The molecular formula is C17H19N. The van der Waals surface area contributed by atoms with Crippen LogP contribution in [0.1, 0.15) is 27.8 Å². The van der Waals surface area contributed by atoms with Crippen molar-refractivity contribution in [1.29, 1.82) is 0 Å². The lowest BCUT2D eigenvalue weighted by molar-refractivity contribution is 1.33. The van der Waals surface area contributed by atoms with Gasteiger partial charge in [0, 0.05) is 21.8 Å². The third-order valence-corrected chi connectivity index (χ3v) is 4.04. The normalized spacial score (nSPS) is 11.6. The largest absolute Gasteiger partial charge is 0.354 e. The fraction of sp³-hybridized carbons (Fsp3) is 0.294. The van der Waals surface area contributed by atoms with Crippen LogP contribution in [0, 0.1) is 34.6 Å². The standard InChI is InChI=1S/C17H19N/c1-9-6-11(3)16-14(7-9)15-13(5)10(2)8-12(4)17(15)18-16/h6-8,18H,1-5H3. The molecule has 0 saturated carbocycles. The van der Waals surface area contributed by atoms with E-state index in [-0.39, 0.29) is 0 Å². The minimum absolute atomic E-state index is 1.28. The summed E-state index contributed by atoms with van der Waals surface area (Å²) in [4.78, 5) is 3.61. The Labute approximate surface area is 108 Å². The average Bonchev–Trinajstić information content (AvgIpc) is 2.66. The third-order valence-electron chi connectivity index (χ3n) is 4.04. The molecule has 2 aromatic carbocycles. The summed E-state index contributed by atoms with van der Waals surface area (Å²) in [5.41, 5.74) is 9.35. The van der Waals surface area contributed by atoms with Crippen molar-refractivity contribution in [2.75, 3.05) is 0 Å². The fourth-order valence-electron chi connectivity index (χ4n) is 3.04. The molecule has 0 amide bonds. The van der Waals surface area contributed by atoms with Gasteiger partial charge < -0.3 is 4.98 Å². The Morgan fingerprint density at radius 1 is 0.722 bits per heavy atom. The van der Waals surface area contributed by atoms with Gasteiger partial charge in [0.15, 0.2) is 0 Å². The van der Waals surface area contributed by atoms with Crippen molar-refractivity contribution in [2.45, 2.75) is 34.6 Å². The van der Waals surface area contributed by atoms with E-state index in [9.17, 15) is 0 Å². The lowest BCUT2D eigenvalue weighted by atomic mass is 9.98. The van der Waals surface area contributed by atoms with Gasteiger partial charge in [-0.15, -0.1) is 0 Å². The predicted octanol–water partition coefficient (Wildman–Crippen LogP) is 4.86. The number of benzene rings is 2. The van der Waals surface area contributed by atoms with Crippen LogP contribution >= 0.6 is 0 Å². The number of hydrogen-bond donors (Lipinski definition) is 1. The van der Waals surface area contributed by atoms with Crippen molar-refractivity contribution >= 4 is 21.8 Å². The number of nitrogens with one attached hydrogen (secondary N) is 1. The molecule has 0 bridgehead atoms. The molecule has 0 unspecified atom stereocenters. The number of H-pyrrole nitrogens is 1. The van der Waals surface area contributed by atoms with Gasteiger partial charge in [0.25, 0.3) is 0 Å². The molecule has 1 heterocycles. The molecular weight excluding hydrogens is 218 g/mol. The quantitative estimate of drug-likeness (QED) is 0.574. The maximum absolute atomic E-state index is 3.61. The summed E-state index contributed by atoms with van der Waals surface area (Å²) in [6.45, 7) is 11.0. The summed E-state index contributed by atoms with van der Waals surface area (Å²) in [7, 11) is 0. The Morgan fingerprint density at radius 2 is 1.39 bits per heavy atom. The smallest absolute Gasteiger partial charge is 0.0497 e. The van der Waals surface area contributed by atoms with E-state index in [1.807, 2.05) is 0 Å². The first-order valence-corrected chi connectivity index (χ1v) is 6.48. The van der Waals surface area contributed by atoms with Crippen molar-refractivity contribution in [1.82, 2.24) is 4.98 Å². The first-order valence-electron chi connectivity index (χ1n) is 6.48. The number of rotatable bonds is 0. The maximum atomic E-state index is 3.61. The van der Waals surface area contributed by atoms with E-state index < -0.39 is 0 Å². The highest BCUT2D eigenvalue weighted by Crippen LogP contribution is 2.34. The van der Waals surface area contributed by atoms with E-state index in [1.54, 1.807) is 0 Å². The molecule has 1 N–H and O–H groups in total. The molecule has 0 fully saturated rings. The van der Waals surface area contributed by atoms with Gasteiger partial charge in [-0.2, -0.15) is 0 Å². The topological polar surface area (TPSA) is 15.8 Å². The summed E-state index contributed by atoms with van der Waals surface area (Å²) in [6.07, 6.45) is 0. The van der Waals surface area contributed by atoms with Crippen LogP contribution in [0.25, 0.3) is 21.8 Å². The first-order chi connectivity index (χ1) is 8.49. The van der Waals surface area contributed by atoms with Gasteiger partial charge in [0.05, 0.1) is 0 Å². The van der Waals surface area contributed by atoms with E-state index in [0.29, 0.717) is 0 Å². The number of hydrogen-bond acceptors (Lipinski definition) is 0. The van der Waals surface area contributed by atoms with Crippen LogP contribution in [0.15, 0.2) is 18.2 Å². The Hall–Kier alpha value is -1.76. The van der Waals surface area contributed by atoms with E-state index in [4.69, 9.17) is 0 Å². The maximum Gasteiger partial charge on any atom is 0.0497 e. The van der Waals surface area contributed by atoms with E-state index >= 15 is 0 Å². The van der Waals surface area contributed by atoms with Gasteiger partial charge >= 0.3 is 0 Å². The van der Waals surface area contributed by atoms with Crippen LogP contribution in [0.2, 0.25) is 0 Å². The molecule has 0 aliphatic rings. The second kappa shape index (κ2) is 3.61. The van der Waals surface area contributed by atoms with Crippen molar-refractivity contribution in [2.24, 2.45) is 0 Å². The zero-order chi connectivity index (χ0) is 13.0. The van der Waals surface area contributed by atoms with Crippen LogP contribution in [0.5, 0.6) is 0 Å². The van der Waals surface area contributed by atoms with Crippen LogP contribution in [0.3, 0.4) is 0 Å². The van der Waals surface area contributed by atoms with Crippen molar-refractivity contribution in [3.8, 4) is 0 Å². The SMILES string of the molecule is Cc1cc(C)c2[nH]c3c(C)cc(C)c(C)c3c2c1. The molecule has 0 radical (unpaired) electrons. The molecule has 92 valence electrons. The van der Waals surface area contributed by atoms with Crippen LogP contribution < -0.4 is 0 Å². The zero-order valence-electron chi connectivity index (χ0n) is 11.7. The number of aryl methyl sites for hydroxylation is 5. The highest BCUT2D eigenvalue weighted by Gasteiger charge is 2.12. The summed E-state index contributed by atoms with van der Waals surface area (Å²) in [5.74, 6) is 0. The van der Waals surface area contributed by atoms with Gasteiger partial charge in [0.1, 0.15) is 0 Å². The fourth-order valence-corrected chi connectivity index (χ4v) is 3.04. The molecule has 3 rings (SSSR count). The molecule has 0 spiro atoms. The van der Waals surface area contributed by atoms with Gasteiger partial charge in [-0.05, 0) is 62.9 Å². The summed E-state index contributed by atoms with van der Waals surface area (Å²) >= 11 is 0. The van der Waals surface area contributed by atoms with E-state index in [2.05, 4.69) is 57.8 Å². The molecule has 0 aliphatic heterocycles. The Kier molecular flexibility index (Phi) is 2.28.